The number of aliphatic imine (C=N–C) groups is 1. The standard InChI is InChI=1S/C19H25F3N4O2/c1-4-16-15(17(5-2)28-26-16)11-25-18(23-3)24-10-13-6-8-14(9-7-13)27-12-19(20,21)22/h6-9H,4-5,10-12H2,1-3H3,(H2,23,24,25). The molecule has 0 saturated heterocycles. The van der Waals surface area contributed by atoms with Gasteiger partial charge in [0, 0.05) is 32.1 Å². The van der Waals surface area contributed by atoms with Gasteiger partial charge in [0.1, 0.15) is 11.5 Å². The first kappa shape index (κ1) is 21.6. The zero-order valence-electron chi connectivity index (χ0n) is 16.2. The van der Waals surface area contributed by atoms with Gasteiger partial charge in [-0.25, -0.2) is 0 Å². The predicted octanol–water partition coefficient (Wildman–Crippen LogP) is 3.61. The normalized spacial score (nSPS) is 12.1. The molecule has 0 fully saturated rings. The second-order valence-corrected chi connectivity index (χ2v) is 6.07. The Morgan fingerprint density at radius 2 is 1.79 bits per heavy atom. The lowest BCUT2D eigenvalue weighted by Gasteiger charge is -2.13. The van der Waals surface area contributed by atoms with Crippen molar-refractivity contribution < 1.29 is 22.4 Å². The summed E-state index contributed by atoms with van der Waals surface area (Å²) in [6, 6.07) is 6.43. The van der Waals surface area contributed by atoms with Crippen molar-refractivity contribution in [3.63, 3.8) is 0 Å². The first-order chi connectivity index (χ1) is 13.4. The third kappa shape index (κ3) is 6.47. The fourth-order valence-corrected chi connectivity index (χ4v) is 2.59. The summed E-state index contributed by atoms with van der Waals surface area (Å²) in [5.41, 5.74) is 2.85. The minimum absolute atomic E-state index is 0.176. The highest BCUT2D eigenvalue weighted by molar-refractivity contribution is 5.79. The molecule has 154 valence electrons. The number of alkyl halides is 3. The lowest BCUT2D eigenvalue weighted by atomic mass is 10.1. The van der Waals surface area contributed by atoms with Gasteiger partial charge >= 0.3 is 6.18 Å². The topological polar surface area (TPSA) is 71.7 Å². The van der Waals surface area contributed by atoms with Crippen molar-refractivity contribution in [1.82, 2.24) is 15.8 Å². The van der Waals surface area contributed by atoms with E-state index in [1.807, 2.05) is 13.8 Å². The highest BCUT2D eigenvalue weighted by atomic mass is 19.4. The second kappa shape index (κ2) is 10.0. The van der Waals surface area contributed by atoms with Crippen LogP contribution in [0.1, 0.15) is 36.4 Å². The fraction of sp³-hybridized carbons (Fsp3) is 0.474. The van der Waals surface area contributed by atoms with Crippen molar-refractivity contribution in [2.45, 2.75) is 46.0 Å². The summed E-state index contributed by atoms with van der Waals surface area (Å²) in [6.07, 6.45) is -2.80. The van der Waals surface area contributed by atoms with Gasteiger partial charge in [-0.15, -0.1) is 0 Å². The Bertz CT molecular complexity index is 749. The monoisotopic (exact) mass is 398 g/mol. The number of nitrogens with one attached hydrogen (secondary N) is 2. The van der Waals surface area contributed by atoms with Gasteiger partial charge in [-0.05, 0) is 24.1 Å². The minimum Gasteiger partial charge on any atom is -0.484 e. The van der Waals surface area contributed by atoms with Crippen LogP contribution in [-0.2, 0) is 25.9 Å². The number of benzene rings is 1. The first-order valence-corrected chi connectivity index (χ1v) is 9.05. The molecule has 28 heavy (non-hydrogen) atoms. The molecule has 0 spiro atoms. The van der Waals surface area contributed by atoms with Crippen LogP contribution in [0.15, 0.2) is 33.8 Å². The zero-order valence-corrected chi connectivity index (χ0v) is 16.2. The summed E-state index contributed by atoms with van der Waals surface area (Å²) in [5, 5.41) is 10.5. The molecule has 0 aliphatic heterocycles. The third-order valence-electron chi connectivity index (χ3n) is 4.05. The number of hydrogen-bond donors (Lipinski definition) is 2. The van der Waals surface area contributed by atoms with E-state index in [9.17, 15) is 13.2 Å². The van der Waals surface area contributed by atoms with Crippen LogP contribution in [-0.4, -0.2) is 30.9 Å². The number of ether oxygens (including phenoxy) is 1. The van der Waals surface area contributed by atoms with Gasteiger partial charge in [-0.1, -0.05) is 31.1 Å². The number of hydrogen-bond acceptors (Lipinski definition) is 4. The number of rotatable bonds is 8. The Balaban J connectivity index is 1.86. The molecular weight excluding hydrogens is 373 g/mol. The van der Waals surface area contributed by atoms with E-state index in [0.717, 1.165) is 35.4 Å². The van der Waals surface area contributed by atoms with E-state index in [-0.39, 0.29) is 5.75 Å². The molecule has 2 rings (SSSR count). The van der Waals surface area contributed by atoms with Crippen LogP contribution in [0.4, 0.5) is 13.2 Å². The molecule has 0 bridgehead atoms. The average Bonchev–Trinajstić information content (AvgIpc) is 3.08. The van der Waals surface area contributed by atoms with Gasteiger partial charge in [-0.2, -0.15) is 13.2 Å². The van der Waals surface area contributed by atoms with E-state index in [4.69, 9.17) is 9.26 Å². The molecule has 0 amide bonds. The maximum Gasteiger partial charge on any atom is 0.422 e. The Morgan fingerprint density at radius 1 is 1.11 bits per heavy atom. The molecule has 0 aliphatic carbocycles. The summed E-state index contributed by atoms with van der Waals surface area (Å²) in [5.74, 6) is 1.63. The van der Waals surface area contributed by atoms with Crippen LogP contribution < -0.4 is 15.4 Å². The van der Waals surface area contributed by atoms with E-state index in [1.165, 1.54) is 12.1 Å². The summed E-state index contributed by atoms with van der Waals surface area (Å²) in [4.78, 5) is 4.18. The predicted molar refractivity (Wildman–Crippen MR) is 100 cm³/mol. The highest BCUT2D eigenvalue weighted by Crippen LogP contribution is 2.19. The molecule has 9 heteroatoms. The molecule has 2 aromatic rings. The molecule has 6 nitrogen and oxygen atoms in total. The number of nitrogens with zero attached hydrogens (tertiary/aromatic N) is 2. The lowest BCUT2D eigenvalue weighted by molar-refractivity contribution is -0.153. The van der Waals surface area contributed by atoms with E-state index in [0.29, 0.717) is 19.0 Å². The van der Waals surface area contributed by atoms with E-state index < -0.39 is 12.8 Å². The number of aromatic nitrogens is 1. The van der Waals surface area contributed by atoms with E-state index >= 15 is 0 Å². The molecule has 1 aromatic carbocycles. The summed E-state index contributed by atoms with van der Waals surface area (Å²) in [7, 11) is 1.67. The number of halogens is 3. The lowest BCUT2D eigenvalue weighted by Crippen LogP contribution is -2.36. The van der Waals surface area contributed by atoms with Gasteiger partial charge in [0.2, 0.25) is 0 Å². The SMILES string of the molecule is CCc1noc(CC)c1CNC(=NC)NCc1ccc(OCC(F)(F)F)cc1. The van der Waals surface area contributed by atoms with Crippen LogP contribution >= 0.6 is 0 Å². The molecule has 0 atom stereocenters. The van der Waals surface area contributed by atoms with Crippen LogP contribution in [0.2, 0.25) is 0 Å². The van der Waals surface area contributed by atoms with Gasteiger partial charge in [-0.3, -0.25) is 4.99 Å². The molecule has 1 heterocycles. The summed E-state index contributed by atoms with van der Waals surface area (Å²) >= 11 is 0. The van der Waals surface area contributed by atoms with Gasteiger partial charge in [0.15, 0.2) is 12.6 Å². The van der Waals surface area contributed by atoms with E-state index in [2.05, 4.69) is 20.8 Å². The van der Waals surface area contributed by atoms with Crippen molar-refractivity contribution in [2.24, 2.45) is 4.99 Å². The Labute approximate surface area is 162 Å². The van der Waals surface area contributed by atoms with Crippen molar-refractivity contribution in [1.29, 1.82) is 0 Å². The van der Waals surface area contributed by atoms with Crippen molar-refractivity contribution >= 4 is 5.96 Å². The van der Waals surface area contributed by atoms with Crippen LogP contribution in [0.25, 0.3) is 0 Å². The molecule has 2 N–H and O–H groups in total. The number of aryl methyl sites for hydroxylation is 2. The second-order valence-electron chi connectivity index (χ2n) is 6.07. The van der Waals surface area contributed by atoms with E-state index in [1.54, 1.807) is 19.2 Å². The molecular formula is C19H25F3N4O2. The molecule has 0 unspecified atom stereocenters. The Hall–Kier alpha value is -2.71. The highest BCUT2D eigenvalue weighted by Gasteiger charge is 2.28. The zero-order chi connectivity index (χ0) is 20.6. The quantitative estimate of drug-likeness (QED) is 0.525. The number of guanidine groups is 1. The molecule has 0 radical (unpaired) electrons. The molecule has 0 aliphatic rings. The largest absolute Gasteiger partial charge is 0.484 e. The Morgan fingerprint density at radius 3 is 2.36 bits per heavy atom. The van der Waals surface area contributed by atoms with Crippen molar-refractivity contribution in [3.05, 3.63) is 46.8 Å². The first-order valence-electron chi connectivity index (χ1n) is 9.05. The van der Waals surface area contributed by atoms with Crippen molar-refractivity contribution in [2.75, 3.05) is 13.7 Å². The maximum absolute atomic E-state index is 12.2. The maximum atomic E-state index is 12.2. The fourth-order valence-electron chi connectivity index (χ4n) is 2.59. The third-order valence-corrected chi connectivity index (χ3v) is 4.05. The van der Waals surface area contributed by atoms with Crippen LogP contribution in [0.3, 0.4) is 0 Å². The van der Waals surface area contributed by atoms with Gasteiger partial charge in [0.25, 0.3) is 0 Å². The molecule has 1 aromatic heterocycles. The van der Waals surface area contributed by atoms with Crippen molar-refractivity contribution in [3.8, 4) is 5.75 Å². The Kier molecular flexibility index (Phi) is 7.71. The average molecular weight is 398 g/mol. The van der Waals surface area contributed by atoms with Crippen LogP contribution in [0.5, 0.6) is 5.75 Å². The summed E-state index contributed by atoms with van der Waals surface area (Å²) < 4.78 is 46.6. The molecule has 0 saturated carbocycles. The van der Waals surface area contributed by atoms with Crippen LogP contribution in [0, 0.1) is 0 Å². The smallest absolute Gasteiger partial charge is 0.422 e. The van der Waals surface area contributed by atoms with Gasteiger partial charge in [0.05, 0.1) is 5.69 Å². The minimum atomic E-state index is -4.35. The summed E-state index contributed by atoms with van der Waals surface area (Å²) in [6.45, 7) is 3.74. The van der Waals surface area contributed by atoms with Gasteiger partial charge < -0.3 is 19.9 Å².